The average molecular weight is 215 g/mol. The Morgan fingerprint density at radius 2 is 2.29 bits per heavy atom. The van der Waals surface area contributed by atoms with Gasteiger partial charge >= 0.3 is 11.9 Å². The van der Waals surface area contributed by atoms with E-state index in [1.807, 2.05) is 0 Å². The van der Waals surface area contributed by atoms with E-state index in [9.17, 15) is 9.59 Å². The minimum atomic E-state index is -1.18. The molecule has 0 aliphatic rings. The lowest BCUT2D eigenvalue weighted by Gasteiger charge is -2.01. The Hall–Kier alpha value is -1.56. The number of carbonyl (C=O) groups is 2. The van der Waals surface area contributed by atoms with Crippen LogP contribution in [0.2, 0.25) is 0 Å². The van der Waals surface area contributed by atoms with Gasteiger partial charge in [-0.05, 0) is 6.92 Å². The second-order valence-corrected chi connectivity index (χ2v) is 3.33. The zero-order valence-corrected chi connectivity index (χ0v) is 8.26. The Labute approximate surface area is 84.1 Å². The Morgan fingerprint density at radius 3 is 2.79 bits per heavy atom. The molecular weight excluding hydrogens is 206 g/mol. The number of nitrogen functional groups attached to an aromatic ring is 1. The summed E-state index contributed by atoms with van der Waals surface area (Å²) in [5, 5.41) is 10.2. The normalized spacial score (nSPS) is 9.79. The Kier molecular flexibility index (Phi) is 3.08. The second-order valence-electron chi connectivity index (χ2n) is 2.41. The molecule has 0 aliphatic carbocycles. The van der Waals surface area contributed by atoms with Crippen LogP contribution in [0.15, 0.2) is 5.38 Å². The third kappa shape index (κ3) is 1.85. The number of rotatable bonds is 3. The zero-order chi connectivity index (χ0) is 10.7. The maximum absolute atomic E-state index is 11.3. The molecule has 0 radical (unpaired) electrons. The topological polar surface area (TPSA) is 89.6 Å². The fraction of sp³-hybridized carbons (Fsp3) is 0.250. The van der Waals surface area contributed by atoms with Crippen molar-refractivity contribution in [2.45, 2.75) is 6.92 Å². The van der Waals surface area contributed by atoms with Crippen LogP contribution in [0.3, 0.4) is 0 Å². The first-order chi connectivity index (χ1) is 6.57. The molecule has 0 bridgehead atoms. The van der Waals surface area contributed by atoms with Crippen LogP contribution < -0.4 is 5.73 Å². The van der Waals surface area contributed by atoms with Crippen molar-refractivity contribution in [1.29, 1.82) is 0 Å². The van der Waals surface area contributed by atoms with Gasteiger partial charge in [-0.2, -0.15) is 0 Å². The Bertz CT molecular complexity index is 371. The molecule has 1 rings (SSSR count). The number of thiophene rings is 1. The van der Waals surface area contributed by atoms with Gasteiger partial charge in [0.1, 0.15) is 10.6 Å². The first kappa shape index (κ1) is 10.5. The van der Waals surface area contributed by atoms with Crippen molar-refractivity contribution in [1.82, 2.24) is 0 Å². The summed E-state index contributed by atoms with van der Waals surface area (Å²) in [5.74, 6) is -1.87. The summed E-state index contributed by atoms with van der Waals surface area (Å²) in [6.07, 6.45) is 0. The monoisotopic (exact) mass is 215 g/mol. The quantitative estimate of drug-likeness (QED) is 0.739. The molecule has 0 spiro atoms. The second kappa shape index (κ2) is 4.10. The average Bonchev–Trinajstić information content (AvgIpc) is 2.47. The van der Waals surface area contributed by atoms with Crippen LogP contribution in [0.5, 0.6) is 0 Å². The van der Waals surface area contributed by atoms with E-state index in [4.69, 9.17) is 10.8 Å². The number of aromatic carboxylic acids is 1. The van der Waals surface area contributed by atoms with Gasteiger partial charge in [-0.25, -0.2) is 9.59 Å². The molecule has 3 N–H and O–H groups in total. The van der Waals surface area contributed by atoms with Crippen molar-refractivity contribution in [2.75, 3.05) is 12.3 Å². The van der Waals surface area contributed by atoms with Gasteiger partial charge in [-0.15, -0.1) is 11.3 Å². The Balaban J connectivity index is 3.11. The summed E-state index contributed by atoms with van der Waals surface area (Å²) in [5.41, 5.74) is 5.31. The first-order valence-corrected chi connectivity index (χ1v) is 4.73. The number of esters is 1. The predicted molar refractivity (Wildman–Crippen MR) is 51.6 cm³/mol. The largest absolute Gasteiger partial charge is 0.478 e. The fourth-order valence-electron chi connectivity index (χ4n) is 0.944. The number of carboxylic acid groups (broad SMARTS) is 1. The van der Waals surface area contributed by atoms with Crippen molar-refractivity contribution < 1.29 is 19.4 Å². The molecule has 0 saturated carbocycles. The van der Waals surface area contributed by atoms with Crippen LogP contribution in [0.1, 0.15) is 27.6 Å². The van der Waals surface area contributed by atoms with E-state index in [1.54, 1.807) is 6.92 Å². The van der Waals surface area contributed by atoms with E-state index in [0.29, 0.717) is 0 Å². The minimum Gasteiger partial charge on any atom is -0.478 e. The van der Waals surface area contributed by atoms with Crippen LogP contribution in [0.4, 0.5) is 5.00 Å². The number of carboxylic acids is 1. The molecule has 0 saturated heterocycles. The van der Waals surface area contributed by atoms with E-state index in [-0.39, 0.29) is 22.7 Å². The molecule has 0 aromatic carbocycles. The predicted octanol–water partition coefficient (Wildman–Crippen LogP) is 1.21. The van der Waals surface area contributed by atoms with Gasteiger partial charge in [0.15, 0.2) is 0 Å². The van der Waals surface area contributed by atoms with Gasteiger partial charge in [0.05, 0.1) is 12.2 Å². The highest BCUT2D eigenvalue weighted by Crippen LogP contribution is 2.25. The number of hydrogen-bond donors (Lipinski definition) is 2. The molecule has 0 fully saturated rings. The Morgan fingerprint density at radius 1 is 1.64 bits per heavy atom. The van der Waals surface area contributed by atoms with E-state index in [1.165, 1.54) is 5.38 Å². The number of anilines is 1. The smallest absolute Gasteiger partial charge is 0.342 e. The van der Waals surface area contributed by atoms with Crippen LogP contribution in [0, 0.1) is 0 Å². The van der Waals surface area contributed by atoms with Gasteiger partial charge in [-0.3, -0.25) is 0 Å². The molecule has 0 unspecified atom stereocenters. The lowest BCUT2D eigenvalue weighted by molar-refractivity contribution is 0.0516. The van der Waals surface area contributed by atoms with Crippen molar-refractivity contribution in [3.8, 4) is 0 Å². The number of hydrogen-bond acceptors (Lipinski definition) is 5. The lowest BCUT2D eigenvalue weighted by Crippen LogP contribution is -2.11. The van der Waals surface area contributed by atoms with E-state index >= 15 is 0 Å². The first-order valence-electron chi connectivity index (χ1n) is 3.85. The maximum Gasteiger partial charge on any atom is 0.342 e. The van der Waals surface area contributed by atoms with Crippen LogP contribution in [-0.2, 0) is 4.74 Å². The van der Waals surface area contributed by atoms with Gasteiger partial charge < -0.3 is 15.6 Å². The molecule has 1 heterocycles. The fourth-order valence-corrected chi connectivity index (χ4v) is 1.72. The van der Waals surface area contributed by atoms with Crippen molar-refractivity contribution in [3.05, 3.63) is 16.5 Å². The molecule has 5 nitrogen and oxygen atoms in total. The van der Waals surface area contributed by atoms with Crippen molar-refractivity contribution >= 4 is 28.3 Å². The number of nitrogens with two attached hydrogens (primary N) is 1. The molecule has 1 aromatic rings. The van der Waals surface area contributed by atoms with E-state index < -0.39 is 11.9 Å². The summed E-state index contributed by atoms with van der Waals surface area (Å²) in [4.78, 5) is 22.0. The highest BCUT2D eigenvalue weighted by atomic mass is 32.1. The minimum absolute atomic E-state index is 0.0515. The molecule has 76 valence electrons. The van der Waals surface area contributed by atoms with Gasteiger partial charge in [0.2, 0.25) is 0 Å². The summed E-state index contributed by atoms with van der Waals surface area (Å²) >= 11 is 1.01. The summed E-state index contributed by atoms with van der Waals surface area (Å²) < 4.78 is 4.68. The van der Waals surface area contributed by atoms with Crippen LogP contribution in [-0.4, -0.2) is 23.7 Å². The van der Waals surface area contributed by atoms with E-state index in [2.05, 4.69) is 4.74 Å². The highest BCUT2D eigenvalue weighted by Gasteiger charge is 2.22. The van der Waals surface area contributed by atoms with Crippen molar-refractivity contribution in [3.63, 3.8) is 0 Å². The van der Waals surface area contributed by atoms with Gasteiger partial charge in [0.25, 0.3) is 0 Å². The van der Waals surface area contributed by atoms with E-state index in [0.717, 1.165) is 11.3 Å². The van der Waals surface area contributed by atoms with Crippen LogP contribution in [0.25, 0.3) is 0 Å². The highest BCUT2D eigenvalue weighted by molar-refractivity contribution is 7.14. The number of carbonyl (C=O) groups excluding carboxylic acids is 1. The summed E-state index contributed by atoms with van der Waals surface area (Å²) in [6, 6.07) is 0. The standard InChI is InChI=1S/C8H9NO4S/c1-2-13-8(12)5-4(7(10)11)3-14-6(5)9/h3H,2,9H2,1H3,(H,10,11). The number of ether oxygens (including phenoxy) is 1. The summed E-state index contributed by atoms with van der Waals surface area (Å²) in [7, 11) is 0. The molecular formula is C8H9NO4S. The molecule has 1 aromatic heterocycles. The lowest BCUT2D eigenvalue weighted by atomic mass is 10.2. The molecule has 6 heteroatoms. The molecule has 0 atom stereocenters. The molecule has 14 heavy (non-hydrogen) atoms. The molecule has 0 amide bonds. The van der Waals surface area contributed by atoms with Crippen molar-refractivity contribution in [2.24, 2.45) is 0 Å². The van der Waals surface area contributed by atoms with Crippen LogP contribution >= 0.6 is 11.3 Å². The third-order valence-electron chi connectivity index (χ3n) is 1.53. The SMILES string of the molecule is CCOC(=O)c1c(C(=O)O)csc1N. The van der Waals surface area contributed by atoms with Gasteiger partial charge in [0, 0.05) is 5.38 Å². The maximum atomic E-state index is 11.3. The zero-order valence-electron chi connectivity index (χ0n) is 7.44. The summed E-state index contributed by atoms with van der Waals surface area (Å²) in [6.45, 7) is 1.83. The third-order valence-corrected chi connectivity index (χ3v) is 2.34. The molecule has 0 aliphatic heterocycles. The van der Waals surface area contributed by atoms with Gasteiger partial charge in [-0.1, -0.05) is 0 Å².